The van der Waals surface area contributed by atoms with Gasteiger partial charge < -0.3 is 0 Å². The Balaban J connectivity index is 2.18. The molecule has 0 bridgehead atoms. The van der Waals surface area contributed by atoms with Gasteiger partial charge in [0.2, 0.25) is 0 Å². The molecule has 17 heavy (non-hydrogen) atoms. The normalized spacial score (nSPS) is 10.5. The van der Waals surface area contributed by atoms with E-state index >= 15 is 0 Å². The van der Waals surface area contributed by atoms with Crippen molar-refractivity contribution in [1.82, 2.24) is 19.7 Å². The maximum atomic E-state index is 11.9. The second-order valence-corrected chi connectivity index (χ2v) is 3.78. The van der Waals surface area contributed by atoms with Crippen LogP contribution in [-0.4, -0.2) is 25.5 Å². The smallest absolute Gasteiger partial charge is 0.188 e. The van der Waals surface area contributed by atoms with E-state index in [1.807, 2.05) is 24.6 Å². The molecule has 0 unspecified atom stereocenters. The van der Waals surface area contributed by atoms with Gasteiger partial charge in [0.1, 0.15) is 5.69 Å². The minimum absolute atomic E-state index is 0.0345. The molecule has 2 aromatic rings. The van der Waals surface area contributed by atoms with Gasteiger partial charge in [-0.1, -0.05) is 0 Å². The monoisotopic (exact) mass is 230 g/mol. The average Bonchev–Trinajstić information content (AvgIpc) is 2.70. The second-order valence-electron chi connectivity index (χ2n) is 3.78. The molecule has 0 N–H and O–H groups in total. The van der Waals surface area contributed by atoms with Crippen LogP contribution in [0, 0.1) is 6.92 Å². The number of carbonyl (C=O) groups excluding carboxylic acids is 1. The molecule has 0 aliphatic heterocycles. The highest BCUT2D eigenvalue weighted by Crippen LogP contribution is 2.07. The lowest BCUT2D eigenvalue weighted by atomic mass is 10.1. The summed E-state index contributed by atoms with van der Waals surface area (Å²) in [5.74, 6) is -0.0345. The first kappa shape index (κ1) is 11.4. The quantitative estimate of drug-likeness (QED) is 0.745. The molecule has 0 atom stereocenters. The third kappa shape index (κ3) is 2.55. The molecule has 0 radical (unpaired) electrons. The molecule has 0 aliphatic rings. The lowest BCUT2D eigenvalue weighted by Gasteiger charge is -2.03. The average molecular weight is 230 g/mol. The minimum atomic E-state index is -0.0345. The van der Waals surface area contributed by atoms with Gasteiger partial charge in [0.05, 0.1) is 18.3 Å². The third-order valence-electron chi connectivity index (χ3n) is 2.48. The summed E-state index contributed by atoms with van der Waals surface area (Å²) in [5, 5.41) is 4.30. The predicted octanol–water partition coefficient (Wildman–Crippen LogP) is 1.43. The van der Waals surface area contributed by atoms with E-state index in [1.54, 1.807) is 6.20 Å². The fourth-order valence-corrected chi connectivity index (χ4v) is 1.71. The van der Waals surface area contributed by atoms with Crippen LogP contribution in [-0.2, 0) is 13.0 Å². The van der Waals surface area contributed by atoms with Gasteiger partial charge in [-0.3, -0.25) is 14.5 Å². The fraction of sp³-hybridized carbons (Fsp3) is 0.333. The highest BCUT2D eigenvalue weighted by atomic mass is 16.1. The molecule has 88 valence electrons. The molecule has 5 heteroatoms. The van der Waals surface area contributed by atoms with Crippen LogP contribution in [0.3, 0.4) is 0 Å². The number of hydrogen-bond acceptors (Lipinski definition) is 4. The Labute approximate surface area is 99.5 Å². The highest BCUT2D eigenvalue weighted by Gasteiger charge is 2.12. The first-order chi connectivity index (χ1) is 8.20. The van der Waals surface area contributed by atoms with Crippen LogP contribution in [0.15, 0.2) is 24.7 Å². The summed E-state index contributed by atoms with van der Waals surface area (Å²) in [6, 6.07) is 1.93. The Kier molecular flexibility index (Phi) is 3.27. The lowest BCUT2D eigenvalue weighted by Crippen LogP contribution is -2.11. The van der Waals surface area contributed by atoms with E-state index in [4.69, 9.17) is 0 Å². The molecular formula is C12H14N4O. The van der Waals surface area contributed by atoms with Crippen LogP contribution in [0.25, 0.3) is 0 Å². The Hall–Kier alpha value is -2.04. The zero-order chi connectivity index (χ0) is 12.3. The summed E-state index contributed by atoms with van der Waals surface area (Å²) in [6.45, 7) is 4.68. The molecule has 0 aliphatic carbocycles. The highest BCUT2D eigenvalue weighted by molar-refractivity contribution is 5.95. The van der Waals surface area contributed by atoms with E-state index < -0.39 is 0 Å². The summed E-state index contributed by atoms with van der Waals surface area (Å²) >= 11 is 0. The van der Waals surface area contributed by atoms with Crippen LogP contribution in [0.1, 0.15) is 28.8 Å². The second kappa shape index (κ2) is 4.86. The summed E-state index contributed by atoms with van der Waals surface area (Å²) in [7, 11) is 0. The van der Waals surface area contributed by atoms with Gasteiger partial charge in [-0.25, -0.2) is 4.98 Å². The SMILES string of the molecule is CCn1nc(C)cc1CC(=O)c1cnccn1. The molecule has 2 heterocycles. The van der Waals surface area contributed by atoms with Crippen molar-refractivity contribution in [3.63, 3.8) is 0 Å². The van der Waals surface area contributed by atoms with Gasteiger partial charge in [-0.2, -0.15) is 5.10 Å². The molecule has 0 aromatic carbocycles. The molecule has 2 rings (SSSR count). The topological polar surface area (TPSA) is 60.7 Å². The lowest BCUT2D eigenvalue weighted by molar-refractivity contribution is 0.0985. The standard InChI is InChI=1S/C12H14N4O/c1-3-16-10(6-9(2)15-16)7-12(17)11-8-13-4-5-14-11/h4-6,8H,3,7H2,1-2H3. The Morgan fingerprint density at radius 3 is 2.88 bits per heavy atom. The van der Waals surface area contributed by atoms with E-state index in [2.05, 4.69) is 15.1 Å². The van der Waals surface area contributed by atoms with Crippen LogP contribution >= 0.6 is 0 Å². The summed E-state index contributed by atoms with van der Waals surface area (Å²) in [6.07, 6.45) is 4.88. The van der Waals surface area contributed by atoms with Gasteiger partial charge in [-0.15, -0.1) is 0 Å². The van der Waals surface area contributed by atoms with Crippen molar-refractivity contribution < 1.29 is 4.79 Å². The molecule has 0 amide bonds. The van der Waals surface area contributed by atoms with Crippen molar-refractivity contribution in [1.29, 1.82) is 0 Å². The van der Waals surface area contributed by atoms with E-state index in [1.165, 1.54) is 12.4 Å². The number of hydrogen-bond donors (Lipinski definition) is 0. The predicted molar refractivity (Wildman–Crippen MR) is 62.7 cm³/mol. The molecule has 2 aromatic heterocycles. The fourth-order valence-electron chi connectivity index (χ4n) is 1.71. The van der Waals surface area contributed by atoms with Gasteiger partial charge in [-0.05, 0) is 19.9 Å². The van der Waals surface area contributed by atoms with Crippen LogP contribution < -0.4 is 0 Å². The Morgan fingerprint density at radius 1 is 1.41 bits per heavy atom. The molecule has 0 fully saturated rings. The maximum absolute atomic E-state index is 11.9. The van der Waals surface area contributed by atoms with E-state index in [9.17, 15) is 4.79 Å². The van der Waals surface area contributed by atoms with Crippen molar-refractivity contribution in [3.8, 4) is 0 Å². The number of ketones is 1. The number of Topliss-reactive ketones (excluding diaryl/α,β-unsaturated/α-hetero) is 1. The number of aryl methyl sites for hydroxylation is 2. The van der Waals surface area contributed by atoms with Crippen molar-refractivity contribution in [2.75, 3.05) is 0 Å². The Morgan fingerprint density at radius 2 is 2.24 bits per heavy atom. The summed E-state index contributed by atoms with van der Waals surface area (Å²) in [4.78, 5) is 19.8. The molecular weight excluding hydrogens is 216 g/mol. The molecule has 0 spiro atoms. The van der Waals surface area contributed by atoms with Crippen LogP contribution in [0.5, 0.6) is 0 Å². The van der Waals surface area contributed by atoms with Gasteiger partial charge >= 0.3 is 0 Å². The first-order valence-corrected chi connectivity index (χ1v) is 5.53. The largest absolute Gasteiger partial charge is 0.292 e. The third-order valence-corrected chi connectivity index (χ3v) is 2.48. The molecule has 5 nitrogen and oxygen atoms in total. The summed E-state index contributed by atoms with van der Waals surface area (Å²) in [5.41, 5.74) is 2.24. The molecule has 0 saturated carbocycles. The molecule has 0 saturated heterocycles. The number of aromatic nitrogens is 4. The van der Waals surface area contributed by atoms with Crippen LogP contribution in [0.4, 0.5) is 0 Å². The van der Waals surface area contributed by atoms with Gasteiger partial charge in [0.25, 0.3) is 0 Å². The minimum Gasteiger partial charge on any atom is -0.292 e. The van der Waals surface area contributed by atoms with Crippen molar-refractivity contribution in [2.24, 2.45) is 0 Å². The van der Waals surface area contributed by atoms with E-state index in [0.29, 0.717) is 12.1 Å². The van der Waals surface area contributed by atoms with Crippen molar-refractivity contribution >= 4 is 5.78 Å². The number of carbonyl (C=O) groups is 1. The number of nitrogens with zero attached hydrogens (tertiary/aromatic N) is 4. The van der Waals surface area contributed by atoms with Gasteiger partial charge in [0.15, 0.2) is 5.78 Å². The zero-order valence-corrected chi connectivity index (χ0v) is 9.92. The van der Waals surface area contributed by atoms with Crippen molar-refractivity contribution in [2.45, 2.75) is 26.8 Å². The summed E-state index contributed by atoms with van der Waals surface area (Å²) < 4.78 is 1.84. The van der Waals surface area contributed by atoms with E-state index in [0.717, 1.165) is 17.9 Å². The van der Waals surface area contributed by atoms with Crippen LogP contribution in [0.2, 0.25) is 0 Å². The zero-order valence-electron chi connectivity index (χ0n) is 9.92. The number of rotatable bonds is 4. The van der Waals surface area contributed by atoms with E-state index in [-0.39, 0.29) is 5.78 Å². The first-order valence-electron chi connectivity index (χ1n) is 5.53. The maximum Gasteiger partial charge on any atom is 0.188 e. The Bertz CT molecular complexity index is 519. The van der Waals surface area contributed by atoms with Gasteiger partial charge in [0, 0.05) is 24.6 Å². The van der Waals surface area contributed by atoms with Crippen molar-refractivity contribution in [3.05, 3.63) is 41.7 Å².